The Morgan fingerprint density at radius 2 is 1.63 bits per heavy atom. The van der Waals surface area contributed by atoms with Crippen LogP contribution < -0.4 is 9.47 Å². The van der Waals surface area contributed by atoms with Crippen LogP contribution in [0.4, 0.5) is 0 Å². The second-order valence-corrected chi connectivity index (χ2v) is 8.73. The summed E-state index contributed by atoms with van der Waals surface area (Å²) in [5, 5.41) is 15.4. The lowest BCUT2D eigenvalue weighted by molar-refractivity contribution is -0.141. The number of carbonyl (C=O) groups is 2. The number of rotatable bonds is 9. The van der Waals surface area contributed by atoms with Crippen LogP contribution in [0.5, 0.6) is 11.5 Å². The molecule has 1 fully saturated rings. The van der Waals surface area contributed by atoms with E-state index in [4.69, 9.17) is 19.7 Å². The number of carboxylic acid groups (broad SMARTS) is 1. The van der Waals surface area contributed by atoms with Crippen molar-refractivity contribution in [3.8, 4) is 11.5 Å². The number of hydrogen-bond acceptors (Lipinski definition) is 5. The third kappa shape index (κ3) is 5.73. The lowest BCUT2D eigenvalue weighted by Crippen LogP contribution is -2.32. The van der Waals surface area contributed by atoms with Gasteiger partial charge in [-0.3, -0.25) is 9.59 Å². The summed E-state index contributed by atoms with van der Waals surface area (Å²) in [6.07, 6.45) is 4.65. The molecule has 0 bridgehead atoms. The lowest BCUT2D eigenvalue weighted by Gasteiger charge is -2.29. The zero-order valence-corrected chi connectivity index (χ0v) is 20.3. The SMILES string of the molecule is CCOc1ccc(/C=C2/CCCC3C2=NN(C(=O)CCC(=O)O)C3c2ccc(OCC)cc2)cc1. The van der Waals surface area contributed by atoms with Crippen molar-refractivity contribution in [2.24, 2.45) is 11.0 Å². The van der Waals surface area contributed by atoms with Crippen molar-refractivity contribution >= 4 is 23.7 Å². The largest absolute Gasteiger partial charge is 0.494 e. The Hall–Kier alpha value is -3.61. The topological polar surface area (TPSA) is 88.4 Å². The van der Waals surface area contributed by atoms with Gasteiger partial charge in [0.15, 0.2) is 0 Å². The summed E-state index contributed by atoms with van der Waals surface area (Å²) in [5.74, 6) is 0.411. The summed E-state index contributed by atoms with van der Waals surface area (Å²) in [6.45, 7) is 5.10. The number of aliphatic carboxylic acids is 1. The highest BCUT2D eigenvalue weighted by molar-refractivity contribution is 6.08. The van der Waals surface area contributed by atoms with Gasteiger partial charge in [0, 0.05) is 12.3 Å². The van der Waals surface area contributed by atoms with Gasteiger partial charge in [-0.2, -0.15) is 5.10 Å². The van der Waals surface area contributed by atoms with Gasteiger partial charge in [-0.15, -0.1) is 0 Å². The Balaban J connectivity index is 1.66. The van der Waals surface area contributed by atoms with Gasteiger partial charge in [0.05, 0.1) is 31.4 Å². The minimum Gasteiger partial charge on any atom is -0.494 e. The molecule has 1 aliphatic heterocycles. The van der Waals surface area contributed by atoms with Crippen LogP contribution in [0.1, 0.15) is 63.1 Å². The van der Waals surface area contributed by atoms with Crippen molar-refractivity contribution < 1.29 is 24.2 Å². The number of hydrogen-bond donors (Lipinski definition) is 1. The highest BCUT2D eigenvalue weighted by Gasteiger charge is 2.43. The van der Waals surface area contributed by atoms with E-state index in [0.717, 1.165) is 53.2 Å². The number of carboxylic acids is 1. The van der Waals surface area contributed by atoms with Crippen LogP contribution in [0.2, 0.25) is 0 Å². The zero-order chi connectivity index (χ0) is 24.8. The molecule has 2 aliphatic rings. The van der Waals surface area contributed by atoms with Crippen LogP contribution >= 0.6 is 0 Å². The fraction of sp³-hybridized carbons (Fsp3) is 0.393. The van der Waals surface area contributed by atoms with E-state index in [1.54, 1.807) is 0 Å². The molecule has 1 heterocycles. The first-order valence-corrected chi connectivity index (χ1v) is 12.3. The standard InChI is InChI=1S/C28H32N2O5/c1-3-34-22-12-8-19(9-13-22)18-21-6-5-7-24-27(21)29-30(25(31)16-17-26(32)33)28(24)20-10-14-23(15-11-20)35-4-2/h8-15,18,24,28H,3-7,16-17H2,1-2H3,(H,32,33)/b21-18-. The van der Waals surface area contributed by atoms with Crippen molar-refractivity contribution in [3.05, 3.63) is 65.2 Å². The fourth-order valence-corrected chi connectivity index (χ4v) is 4.82. The Morgan fingerprint density at radius 1 is 1.00 bits per heavy atom. The number of allylic oxidation sites excluding steroid dienone is 1. The van der Waals surface area contributed by atoms with Crippen LogP contribution in [0.3, 0.4) is 0 Å². The number of amides is 1. The lowest BCUT2D eigenvalue weighted by atomic mass is 9.77. The van der Waals surface area contributed by atoms with Gasteiger partial charge < -0.3 is 14.6 Å². The second kappa shape index (κ2) is 11.2. The molecule has 1 amide bonds. The van der Waals surface area contributed by atoms with Crippen molar-refractivity contribution in [2.75, 3.05) is 13.2 Å². The van der Waals surface area contributed by atoms with E-state index in [2.05, 4.69) is 6.08 Å². The van der Waals surface area contributed by atoms with Crippen LogP contribution in [0.15, 0.2) is 59.2 Å². The van der Waals surface area contributed by atoms with E-state index >= 15 is 0 Å². The Morgan fingerprint density at radius 3 is 2.23 bits per heavy atom. The highest BCUT2D eigenvalue weighted by atomic mass is 16.5. The van der Waals surface area contributed by atoms with E-state index in [-0.39, 0.29) is 30.7 Å². The quantitative estimate of drug-likeness (QED) is 0.518. The molecule has 2 atom stereocenters. The molecule has 0 saturated heterocycles. The molecule has 0 spiro atoms. The molecule has 4 rings (SSSR count). The fourth-order valence-electron chi connectivity index (χ4n) is 4.82. The van der Waals surface area contributed by atoms with E-state index in [9.17, 15) is 9.59 Å². The normalized spacial score (nSPS) is 20.3. The van der Waals surface area contributed by atoms with Crippen LogP contribution in [-0.4, -0.2) is 40.9 Å². The second-order valence-electron chi connectivity index (χ2n) is 8.73. The van der Waals surface area contributed by atoms with Crippen molar-refractivity contribution in [2.45, 2.75) is 52.0 Å². The maximum atomic E-state index is 13.1. The monoisotopic (exact) mass is 476 g/mol. The van der Waals surface area contributed by atoms with Crippen LogP contribution in [-0.2, 0) is 9.59 Å². The maximum Gasteiger partial charge on any atom is 0.303 e. The molecule has 2 aromatic rings. The van der Waals surface area contributed by atoms with E-state index in [0.29, 0.717) is 13.2 Å². The van der Waals surface area contributed by atoms with E-state index < -0.39 is 5.97 Å². The number of nitrogens with zero attached hydrogens (tertiary/aromatic N) is 2. The van der Waals surface area contributed by atoms with Gasteiger partial charge in [0.1, 0.15) is 11.5 Å². The molecule has 1 aliphatic carbocycles. The van der Waals surface area contributed by atoms with Gasteiger partial charge in [-0.05, 0) is 80.2 Å². The van der Waals surface area contributed by atoms with Gasteiger partial charge in [-0.25, -0.2) is 5.01 Å². The minimum absolute atomic E-state index is 0.0596. The summed E-state index contributed by atoms with van der Waals surface area (Å²) in [6, 6.07) is 15.5. The van der Waals surface area contributed by atoms with Crippen molar-refractivity contribution in [1.29, 1.82) is 0 Å². The predicted octanol–water partition coefficient (Wildman–Crippen LogP) is 5.47. The number of ether oxygens (including phenoxy) is 2. The molecule has 1 N–H and O–H groups in total. The maximum absolute atomic E-state index is 13.1. The average Bonchev–Trinajstić information content (AvgIpc) is 3.25. The van der Waals surface area contributed by atoms with Crippen LogP contribution in [0, 0.1) is 5.92 Å². The molecule has 35 heavy (non-hydrogen) atoms. The first-order valence-electron chi connectivity index (χ1n) is 12.3. The van der Waals surface area contributed by atoms with E-state index in [1.807, 2.05) is 62.4 Å². The average molecular weight is 477 g/mol. The zero-order valence-electron chi connectivity index (χ0n) is 20.3. The Labute approximate surface area is 206 Å². The molecular formula is C28H32N2O5. The summed E-state index contributed by atoms with van der Waals surface area (Å²) in [4.78, 5) is 24.2. The Bertz CT molecular complexity index is 1110. The smallest absolute Gasteiger partial charge is 0.303 e. The van der Waals surface area contributed by atoms with Gasteiger partial charge >= 0.3 is 5.97 Å². The summed E-state index contributed by atoms with van der Waals surface area (Å²) < 4.78 is 11.1. The summed E-state index contributed by atoms with van der Waals surface area (Å²) >= 11 is 0. The summed E-state index contributed by atoms with van der Waals surface area (Å²) in [7, 11) is 0. The minimum atomic E-state index is -0.990. The number of carbonyl (C=O) groups excluding carboxylic acids is 1. The molecule has 1 saturated carbocycles. The van der Waals surface area contributed by atoms with Gasteiger partial charge in [0.2, 0.25) is 5.91 Å². The molecule has 0 radical (unpaired) electrons. The molecule has 7 nitrogen and oxygen atoms in total. The molecule has 0 aromatic heterocycles. The molecule has 7 heteroatoms. The number of fused-ring (bicyclic) bond motifs is 1. The predicted molar refractivity (Wildman–Crippen MR) is 134 cm³/mol. The first kappa shape index (κ1) is 24.5. The molecule has 2 aromatic carbocycles. The molecule has 2 unspecified atom stereocenters. The Kier molecular flexibility index (Phi) is 7.85. The van der Waals surface area contributed by atoms with Crippen LogP contribution in [0.25, 0.3) is 6.08 Å². The number of benzene rings is 2. The van der Waals surface area contributed by atoms with Gasteiger partial charge in [0.25, 0.3) is 0 Å². The van der Waals surface area contributed by atoms with Crippen molar-refractivity contribution in [1.82, 2.24) is 5.01 Å². The third-order valence-corrected chi connectivity index (χ3v) is 6.37. The first-order chi connectivity index (χ1) is 17.0. The summed E-state index contributed by atoms with van der Waals surface area (Å²) in [5.41, 5.74) is 4.07. The molecule has 184 valence electrons. The number of hydrazone groups is 1. The van der Waals surface area contributed by atoms with E-state index in [1.165, 1.54) is 5.01 Å². The van der Waals surface area contributed by atoms with Crippen molar-refractivity contribution in [3.63, 3.8) is 0 Å². The third-order valence-electron chi connectivity index (χ3n) is 6.37. The molecular weight excluding hydrogens is 444 g/mol. The highest BCUT2D eigenvalue weighted by Crippen LogP contribution is 2.45. The van der Waals surface area contributed by atoms with Gasteiger partial charge in [-0.1, -0.05) is 24.3 Å².